The third-order valence-electron chi connectivity index (χ3n) is 5.97. The summed E-state index contributed by atoms with van der Waals surface area (Å²) in [7, 11) is 0. The van der Waals surface area contributed by atoms with Crippen molar-refractivity contribution < 1.29 is 9.18 Å². The summed E-state index contributed by atoms with van der Waals surface area (Å²) < 4.78 is 13.3. The zero-order chi connectivity index (χ0) is 22.8. The molecule has 0 bridgehead atoms. The molecule has 5 nitrogen and oxygen atoms in total. The molecule has 1 fully saturated rings. The molecular weight excluding hydrogens is 415 g/mol. The van der Waals surface area contributed by atoms with E-state index in [0.717, 1.165) is 39.1 Å². The number of rotatable bonds is 5. The van der Waals surface area contributed by atoms with E-state index in [1.807, 2.05) is 55.5 Å². The van der Waals surface area contributed by atoms with Crippen molar-refractivity contribution in [3.05, 3.63) is 107 Å². The maximum absolute atomic E-state index is 13.3. The highest BCUT2D eigenvalue weighted by atomic mass is 19.1. The highest BCUT2D eigenvalue weighted by molar-refractivity contribution is 6.02. The Hall–Kier alpha value is -3.93. The molecule has 6 heteroatoms. The smallest absolute Gasteiger partial charge is 0.243 e. The number of aryl methyl sites for hydroxylation is 1. The standard InChI is InChI=1S/C27H23FN4O/c1-18-5-4-8-25(30-18)26(15-20-13-14-29-24-7-3-2-6-23(20)24)31-32-17-21(16-27(32)33)19-9-11-22(28)12-10-19/h2-14,21H,15-17H2,1H3. The molecule has 1 amide bonds. The summed E-state index contributed by atoms with van der Waals surface area (Å²) in [4.78, 5) is 22.0. The van der Waals surface area contributed by atoms with Crippen LogP contribution in [-0.2, 0) is 11.2 Å². The summed E-state index contributed by atoms with van der Waals surface area (Å²) in [6.07, 6.45) is 2.66. The van der Waals surface area contributed by atoms with E-state index in [1.165, 1.54) is 17.1 Å². The Morgan fingerprint density at radius 2 is 1.88 bits per heavy atom. The third-order valence-corrected chi connectivity index (χ3v) is 5.97. The van der Waals surface area contributed by atoms with Crippen LogP contribution in [0.5, 0.6) is 0 Å². The Kier molecular flexibility index (Phi) is 5.65. The minimum absolute atomic E-state index is 0.0182. The van der Waals surface area contributed by atoms with Crippen LogP contribution in [0.15, 0.2) is 84.1 Å². The Labute approximate surface area is 191 Å². The predicted molar refractivity (Wildman–Crippen MR) is 126 cm³/mol. The van der Waals surface area contributed by atoms with Gasteiger partial charge in [0.1, 0.15) is 5.82 Å². The zero-order valence-electron chi connectivity index (χ0n) is 18.3. The maximum Gasteiger partial charge on any atom is 0.243 e. The van der Waals surface area contributed by atoms with Crippen molar-refractivity contribution in [3.8, 4) is 0 Å². The Morgan fingerprint density at radius 1 is 1.06 bits per heavy atom. The number of aromatic nitrogens is 2. The number of amides is 1. The van der Waals surface area contributed by atoms with Gasteiger partial charge in [0.25, 0.3) is 0 Å². The van der Waals surface area contributed by atoms with Crippen LogP contribution in [0, 0.1) is 12.7 Å². The topological polar surface area (TPSA) is 58.5 Å². The summed E-state index contributed by atoms with van der Waals surface area (Å²) >= 11 is 0. The lowest BCUT2D eigenvalue weighted by Crippen LogP contribution is -2.23. The fraction of sp³-hybridized carbons (Fsp3) is 0.185. The van der Waals surface area contributed by atoms with Crippen LogP contribution in [0.3, 0.4) is 0 Å². The van der Waals surface area contributed by atoms with E-state index in [0.29, 0.717) is 19.4 Å². The van der Waals surface area contributed by atoms with Crippen LogP contribution in [0.1, 0.15) is 34.9 Å². The number of fused-ring (bicyclic) bond motifs is 1. The van der Waals surface area contributed by atoms with Crippen molar-refractivity contribution in [1.82, 2.24) is 15.0 Å². The van der Waals surface area contributed by atoms with Gasteiger partial charge < -0.3 is 0 Å². The first-order valence-electron chi connectivity index (χ1n) is 11.0. The molecular formula is C27H23FN4O. The van der Waals surface area contributed by atoms with Crippen molar-refractivity contribution in [2.24, 2.45) is 5.10 Å². The van der Waals surface area contributed by atoms with Crippen LogP contribution in [0.2, 0.25) is 0 Å². The van der Waals surface area contributed by atoms with Gasteiger partial charge in [0.2, 0.25) is 5.91 Å². The summed E-state index contributed by atoms with van der Waals surface area (Å²) in [5, 5.41) is 7.40. The van der Waals surface area contributed by atoms with Crippen LogP contribution in [-0.4, -0.2) is 33.1 Å². The number of para-hydroxylation sites is 1. The van der Waals surface area contributed by atoms with Crippen molar-refractivity contribution in [3.63, 3.8) is 0 Å². The van der Waals surface area contributed by atoms with Crippen molar-refractivity contribution >= 4 is 22.5 Å². The molecule has 0 radical (unpaired) electrons. The van der Waals surface area contributed by atoms with Crippen molar-refractivity contribution in [2.75, 3.05) is 6.54 Å². The molecule has 1 unspecified atom stereocenters. The van der Waals surface area contributed by atoms with Crippen molar-refractivity contribution in [2.45, 2.75) is 25.7 Å². The largest absolute Gasteiger partial charge is 0.273 e. The number of nitrogens with zero attached hydrogens (tertiary/aromatic N) is 4. The SMILES string of the molecule is Cc1cccc(C(Cc2ccnc3ccccc23)=NN2CC(c3ccc(F)cc3)CC2=O)n1. The van der Waals surface area contributed by atoms with Gasteiger partial charge in [-0.25, -0.2) is 9.40 Å². The van der Waals surface area contributed by atoms with Gasteiger partial charge in [-0.05, 0) is 54.4 Å². The van der Waals surface area contributed by atoms with E-state index in [9.17, 15) is 9.18 Å². The number of carbonyl (C=O) groups is 1. The second-order valence-electron chi connectivity index (χ2n) is 8.30. The number of halogens is 1. The van der Waals surface area contributed by atoms with Gasteiger partial charge >= 0.3 is 0 Å². The fourth-order valence-electron chi connectivity index (χ4n) is 4.26. The molecule has 0 aliphatic carbocycles. The monoisotopic (exact) mass is 438 g/mol. The quantitative estimate of drug-likeness (QED) is 0.410. The molecule has 1 atom stereocenters. The molecule has 4 aromatic rings. The lowest BCUT2D eigenvalue weighted by Gasteiger charge is -2.15. The van der Waals surface area contributed by atoms with E-state index < -0.39 is 0 Å². The minimum atomic E-state index is -0.282. The van der Waals surface area contributed by atoms with Crippen molar-refractivity contribution in [1.29, 1.82) is 0 Å². The Balaban J connectivity index is 1.50. The van der Waals surface area contributed by atoms with E-state index >= 15 is 0 Å². The van der Waals surface area contributed by atoms with E-state index in [2.05, 4.69) is 9.97 Å². The minimum Gasteiger partial charge on any atom is -0.273 e. The molecule has 0 spiro atoms. The first-order valence-corrected chi connectivity index (χ1v) is 11.0. The maximum atomic E-state index is 13.3. The predicted octanol–water partition coefficient (Wildman–Crippen LogP) is 5.04. The van der Waals surface area contributed by atoms with Crippen LogP contribution in [0.25, 0.3) is 10.9 Å². The van der Waals surface area contributed by atoms with Gasteiger partial charge in [0, 0.05) is 36.0 Å². The summed E-state index contributed by atoms with van der Waals surface area (Å²) in [6.45, 7) is 2.39. The number of carbonyl (C=O) groups excluding carboxylic acids is 1. The molecule has 0 saturated carbocycles. The zero-order valence-corrected chi connectivity index (χ0v) is 18.3. The highest BCUT2D eigenvalue weighted by Gasteiger charge is 2.31. The molecule has 164 valence electrons. The molecule has 1 saturated heterocycles. The van der Waals surface area contributed by atoms with Gasteiger partial charge in [0.05, 0.1) is 23.5 Å². The van der Waals surface area contributed by atoms with Gasteiger partial charge in [-0.2, -0.15) is 5.10 Å². The molecule has 1 aliphatic heterocycles. The lowest BCUT2D eigenvalue weighted by atomic mass is 9.98. The molecule has 1 aliphatic rings. The number of pyridine rings is 2. The third kappa shape index (κ3) is 4.51. The van der Waals surface area contributed by atoms with Gasteiger partial charge in [-0.1, -0.05) is 36.4 Å². The summed E-state index contributed by atoms with van der Waals surface area (Å²) in [5.41, 5.74) is 5.29. The first-order chi connectivity index (χ1) is 16.1. The van der Waals surface area contributed by atoms with E-state index in [1.54, 1.807) is 18.3 Å². The molecule has 5 rings (SSSR count). The van der Waals surface area contributed by atoms with Gasteiger partial charge in [0.15, 0.2) is 0 Å². The summed E-state index contributed by atoms with van der Waals surface area (Å²) in [5.74, 6) is -0.347. The van der Waals surface area contributed by atoms with Gasteiger partial charge in [-0.15, -0.1) is 0 Å². The number of benzene rings is 2. The van der Waals surface area contributed by atoms with Gasteiger partial charge in [-0.3, -0.25) is 14.8 Å². The average molecular weight is 439 g/mol. The van der Waals surface area contributed by atoms with Crippen LogP contribution in [0.4, 0.5) is 4.39 Å². The average Bonchev–Trinajstić information content (AvgIpc) is 3.19. The van der Waals surface area contributed by atoms with Crippen LogP contribution < -0.4 is 0 Å². The highest BCUT2D eigenvalue weighted by Crippen LogP contribution is 2.29. The Bertz CT molecular complexity index is 1340. The number of hydrogen-bond donors (Lipinski definition) is 0. The fourth-order valence-corrected chi connectivity index (χ4v) is 4.26. The lowest BCUT2D eigenvalue weighted by molar-refractivity contribution is -0.127. The molecule has 2 aromatic heterocycles. The first kappa shape index (κ1) is 20.9. The molecule has 3 heterocycles. The van der Waals surface area contributed by atoms with E-state index in [4.69, 9.17) is 5.10 Å². The normalized spacial score (nSPS) is 16.5. The van der Waals surface area contributed by atoms with E-state index in [-0.39, 0.29) is 17.6 Å². The second kappa shape index (κ2) is 8.90. The second-order valence-corrected chi connectivity index (χ2v) is 8.30. The molecule has 2 aromatic carbocycles. The molecule has 33 heavy (non-hydrogen) atoms. The summed E-state index contributed by atoms with van der Waals surface area (Å²) in [6, 6.07) is 22.1. The molecule has 0 N–H and O–H groups in total. The Morgan fingerprint density at radius 3 is 2.70 bits per heavy atom. The number of hydrogen-bond acceptors (Lipinski definition) is 4. The van der Waals surface area contributed by atoms with Crippen LogP contribution >= 0.6 is 0 Å². The number of hydrazone groups is 1.